The van der Waals surface area contributed by atoms with Crippen molar-refractivity contribution in [1.29, 1.82) is 0 Å². The van der Waals surface area contributed by atoms with Crippen LogP contribution in [0.4, 0.5) is 0 Å². The molecule has 8 heteroatoms. The topological polar surface area (TPSA) is 74.7 Å². The molecule has 6 nitrogen and oxygen atoms in total. The lowest BCUT2D eigenvalue weighted by atomic mass is 10.1. The second-order valence-electron chi connectivity index (χ2n) is 5.62. The van der Waals surface area contributed by atoms with Crippen LogP contribution in [0.3, 0.4) is 0 Å². The first kappa shape index (κ1) is 19.9. The van der Waals surface area contributed by atoms with E-state index in [9.17, 15) is 9.59 Å². The van der Waals surface area contributed by atoms with E-state index in [2.05, 4.69) is 9.72 Å². The summed E-state index contributed by atoms with van der Waals surface area (Å²) in [4.78, 5) is 27.9. The molecule has 0 N–H and O–H groups in total. The monoisotopic (exact) mass is 417 g/mol. The summed E-state index contributed by atoms with van der Waals surface area (Å²) in [5.41, 5.74) is 1.34. The van der Waals surface area contributed by atoms with Crippen molar-refractivity contribution in [2.75, 3.05) is 7.11 Å². The number of halogens is 1. The van der Waals surface area contributed by atoms with E-state index in [0.717, 1.165) is 5.01 Å². The molecule has 0 atom stereocenters. The van der Waals surface area contributed by atoms with Crippen molar-refractivity contribution >= 4 is 34.9 Å². The molecule has 0 radical (unpaired) electrons. The van der Waals surface area contributed by atoms with Gasteiger partial charge in [0.15, 0.2) is 0 Å². The Bertz CT molecular complexity index is 953. The van der Waals surface area contributed by atoms with Crippen LogP contribution in [-0.4, -0.2) is 24.0 Å². The van der Waals surface area contributed by atoms with Gasteiger partial charge in [0.1, 0.15) is 24.0 Å². The molecule has 0 aliphatic carbocycles. The number of carbonyl (C=O) groups excluding carboxylic acids is 2. The van der Waals surface area contributed by atoms with Crippen molar-refractivity contribution in [1.82, 2.24) is 4.98 Å². The van der Waals surface area contributed by atoms with Crippen molar-refractivity contribution < 1.29 is 23.8 Å². The normalized spacial score (nSPS) is 10.4. The predicted octanol–water partition coefficient (Wildman–Crippen LogP) is 4.52. The minimum atomic E-state index is -0.497. The van der Waals surface area contributed by atoms with Crippen LogP contribution in [0.25, 0.3) is 0 Å². The molecule has 0 unspecified atom stereocenters. The lowest BCUT2D eigenvalue weighted by Crippen LogP contribution is -2.07. The van der Waals surface area contributed by atoms with Gasteiger partial charge in [0.2, 0.25) is 0 Å². The smallest absolute Gasteiger partial charge is 0.338 e. The lowest BCUT2D eigenvalue weighted by Gasteiger charge is -2.04. The standard InChI is InChI=1S/C20H16ClNO5S/c1-25-19(23)13-2-4-14(5-3-13)20(24)27-10-16-12-28-18(22-16)11-26-17-8-6-15(21)7-9-17/h2-9,12H,10-11H2,1H3. The number of benzene rings is 2. The first-order valence-corrected chi connectivity index (χ1v) is 9.48. The Morgan fingerprint density at radius 2 is 1.61 bits per heavy atom. The maximum absolute atomic E-state index is 12.1. The highest BCUT2D eigenvalue weighted by Gasteiger charge is 2.11. The molecule has 0 saturated carbocycles. The molecule has 28 heavy (non-hydrogen) atoms. The third-order valence-corrected chi connectivity index (χ3v) is 4.79. The number of methoxy groups -OCH3 is 1. The summed E-state index contributed by atoms with van der Waals surface area (Å²) < 4.78 is 15.5. The number of thiazole rings is 1. The zero-order chi connectivity index (χ0) is 19.9. The zero-order valence-electron chi connectivity index (χ0n) is 14.9. The van der Waals surface area contributed by atoms with Crippen LogP contribution in [0, 0.1) is 0 Å². The van der Waals surface area contributed by atoms with Crippen LogP contribution >= 0.6 is 22.9 Å². The molecule has 3 aromatic rings. The van der Waals surface area contributed by atoms with Crippen LogP contribution in [0.2, 0.25) is 5.02 Å². The molecular formula is C20H16ClNO5S. The molecule has 1 heterocycles. The molecule has 0 aliphatic rings. The van der Waals surface area contributed by atoms with Gasteiger partial charge in [0, 0.05) is 10.4 Å². The zero-order valence-corrected chi connectivity index (χ0v) is 16.5. The first-order valence-electron chi connectivity index (χ1n) is 8.22. The van der Waals surface area contributed by atoms with Crippen LogP contribution < -0.4 is 4.74 Å². The number of aromatic nitrogens is 1. The minimum absolute atomic E-state index is 0.0506. The second kappa shape index (κ2) is 9.34. The van der Waals surface area contributed by atoms with E-state index in [1.54, 1.807) is 24.3 Å². The number of nitrogens with zero attached hydrogens (tertiary/aromatic N) is 1. The number of hydrogen-bond acceptors (Lipinski definition) is 7. The van der Waals surface area contributed by atoms with Crippen molar-refractivity contribution in [3.8, 4) is 5.75 Å². The van der Waals surface area contributed by atoms with Gasteiger partial charge in [0.05, 0.1) is 23.9 Å². The predicted molar refractivity (Wildman–Crippen MR) is 105 cm³/mol. The molecule has 1 aromatic heterocycles. The molecule has 0 bridgehead atoms. The molecule has 0 spiro atoms. The maximum Gasteiger partial charge on any atom is 0.338 e. The highest BCUT2D eigenvalue weighted by molar-refractivity contribution is 7.09. The Balaban J connectivity index is 1.50. The summed E-state index contributed by atoms with van der Waals surface area (Å²) in [6, 6.07) is 13.1. The lowest BCUT2D eigenvalue weighted by molar-refractivity contribution is 0.0466. The van der Waals surface area contributed by atoms with Gasteiger partial charge in [-0.25, -0.2) is 14.6 Å². The second-order valence-corrected chi connectivity index (χ2v) is 7.00. The first-order chi connectivity index (χ1) is 13.5. The molecular weight excluding hydrogens is 402 g/mol. The Kier molecular flexibility index (Phi) is 6.62. The number of esters is 2. The largest absolute Gasteiger partial charge is 0.486 e. The van der Waals surface area contributed by atoms with Gasteiger partial charge in [0.25, 0.3) is 0 Å². The van der Waals surface area contributed by atoms with Gasteiger partial charge >= 0.3 is 11.9 Å². The summed E-state index contributed by atoms with van der Waals surface area (Å²) in [7, 11) is 1.30. The van der Waals surface area contributed by atoms with Crippen molar-refractivity contribution in [3.05, 3.63) is 80.8 Å². The molecule has 0 amide bonds. The number of ether oxygens (including phenoxy) is 3. The highest BCUT2D eigenvalue weighted by atomic mass is 35.5. The van der Waals surface area contributed by atoms with E-state index in [0.29, 0.717) is 34.2 Å². The van der Waals surface area contributed by atoms with Gasteiger partial charge in [-0.3, -0.25) is 0 Å². The van der Waals surface area contributed by atoms with E-state index < -0.39 is 11.9 Å². The maximum atomic E-state index is 12.1. The van der Waals surface area contributed by atoms with E-state index in [1.165, 1.54) is 42.7 Å². The van der Waals surface area contributed by atoms with Crippen LogP contribution in [0.1, 0.15) is 31.4 Å². The minimum Gasteiger partial charge on any atom is -0.486 e. The summed E-state index contributed by atoms with van der Waals surface area (Å²) >= 11 is 7.26. The summed E-state index contributed by atoms with van der Waals surface area (Å²) in [5.74, 6) is -0.262. The summed E-state index contributed by atoms with van der Waals surface area (Å²) in [6.07, 6.45) is 0. The average Bonchev–Trinajstić information content (AvgIpc) is 3.19. The third kappa shape index (κ3) is 5.31. The van der Waals surface area contributed by atoms with E-state index in [4.69, 9.17) is 21.1 Å². The Morgan fingerprint density at radius 3 is 2.25 bits per heavy atom. The van der Waals surface area contributed by atoms with E-state index >= 15 is 0 Å². The molecule has 2 aromatic carbocycles. The Morgan fingerprint density at radius 1 is 0.964 bits per heavy atom. The summed E-state index contributed by atoms with van der Waals surface area (Å²) in [6.45, 7) is 0.365. The van der Waals surface area contributed by atoms with Gasteiger partial charge < -0.3 is 14.2 Å². The highest BCUT2D eigenvalue weighted by Crippen LogP contribution is 2.18. The number of carbonyl (C=O) groups is 2. The average molecular weight is 418 g/mol. The van der Waals surface area contributed by atoms with Gasteiger partial charge in [-0.2, -0.15) is 0 Å². The molecule has 0 fully saturated rings. The van der Waals surface area contributed by atoms with E-state index in [-0.39, 0.29) is 6.61 Å². The Labute approximate surface area is 170 Å². The molecule has 0 saturated heterocycles. The molecule has 3 rings (SSSR count). The SMILES string of the molecule is COC(=O)c1ccc(C(=O)OCc2csc(COc3ccc(Cl)cc3)n2)cc1. The van der Waals surface area contributed by atoms with Gasteiger partial charge in [-0.1, -0.05) is 11.6 Å². The van der Waals surface area contributed by atoms with E-state index in [1.807, 2.05) is 5.38 Å². The third-order valence-electron chi connectivity index (χ3n) is 3.67. The fourth-order valence-corrected chi connectivity index (χ4v) is 3.06. The van der Waals surface area contributed by atoms with Crippen LogP contribution in [-0.2, 0) is 22.7 Å². The molecule has 144 valence electrons. The fraction of sp³-hybridized carbons (Fsp3) is 0.150. The van der Waals surface area contributed by atoms with Crippen molar-refractivity contribution in [2.24, 2.45) is 0 Å². The van der Waals surface area contributed by atoms with Crippen molar-refractivity contribution in [2.45, 2.75) is 13.2 Å². The van der Waals surface area contributed by atoms with Gasteiger partial charge in [-0.05, 0) is 48.5 Å². The van der Waals surface area contributed by atoms with Gasteiger partial charge in [-0.15, -0.1) is 11.3 Å². The fourth-order valence-electron chi connectivity index (χ4n) is 2.24. The number of hydrogen-bond donors (Lipinski definition) is 0. The van der Waals surface area contributed by atoms with Crippen LogP contribution in [0.5, 0.6) is 5.75 Å². The van der Waals surface area contributed by atoms with Crippen LogP contribution in [0.15, 0.2) is 53.9 Å². The van der Waals surface area contributed by atoms with Crippen molar-refractivity contribution in [3.63, 3.8) is 0 Å². The molecule has 0 aliphatic heterocycles. The summed E-state index contributed by atoms with van der Waals surface area (Å²) in [5, 5.41) is 3.22. The Hall–Kier alpha value is -2.90. The number of rotatable bonds is 7. The quantitative estimate of drug-likeness (QED) is 0.526.